The smallest absolute Gasteiger partial charge is 0.478 e. The summed E-state index contributed by atoms with van der Waals surface area (Å²) in [5, 5.41) is 10.4. The molecule has 0 bridgehead atoms. The number of carbonyl (C=O) groups is 3. The Labute approximate surface area is 256 Å². The SMILES string of the molecule is CCC/C(=C(/C)C(=O)O)[Si](O[Si](C)(C)C)(O[Si](C)(C)C)O[Si](C)(C)C.O=C1C=C(N2CC2)C(=O)C(N2CC2)=C1N1CC1. The lowest BCUT2D eigenvalue weighted by molar-refractivity contribution is -0.132. The predicted octanol–water partition coefficient (Wildman–Crippen LogP) is 4.40. The van der Waals surface area contributed by atoms with E-state index >= 15 is 0 Å². The fraction of sp³-hybridized carbons (Fsp3) is 0.679. The zero-order valence-corrected chi connectivity index (χ0v) is 31.5. The fourth-order valence-corrected chi connectivity index (χ4v) is 18.6. The minimum atomic E-state index is -3.29. The molecule has 236 valence electrons. The van der Waals surface area contributed by atoms with E-state index in [1.54, 1.807) is 6.92 Å². The molecule has 0 radical (unpaired) electrons. The van der Waals surface area contributed by atoms with E-state index in [1.807, 2.05) is 21.6 Å². The van der Waals surface area contributed by atoms with E-state index in [-0.39, 0.29) is 11.6 Å². The topological polar surface area (TPSA) is 108 Å². The van der Waals surface area contributed by atoms with Gasteiger partial charge < -0.3 is 32.2 Å². The van der Waals surface area contributed by atoms with Gasteiger partial charge in [0.25, 0.3) is 0 Å². The van der Waals surface area contributed by atoms with Crippen molar-refractivity contribution in [2.75, 3.05) is 39.3 Å². The monoisotopic (exact) mass is 653 g/mol. The summed E-state index contributed by atoms with van der Waals surface area (Å²) in [6.07, 6.45) is 2.98. The van der Waals surface area contributed by atoms with Gasteiger partial charge in [-0.15, -0.1) is 0 Å². The molecule has 0 amide bonds. The Bertz CT molecular complexity index is 1140. The molecule has 3 saturated heterocycles. The van der Waals surface area contributed by atoms with Crippen LogP contribution in [-0.2, 0) is 26.7 Å². The number of rotatable bonds is 13. The third-order valence-electron chi connectivity index (χ3n) is 6.45. The van der Waals surface area contributed by atoms with Crippen molar-refractivity contribution in [2.45, 2.75) is 85.6 Å². The first-order valence-corrected chi connectivity index (χ1v) is 27.0. The summed E-state index contributed by atoms with van der Waals surface area (Å²) in [5.41, 5.74) is 2.21. The highest BCUT2D eigenvalue weighted by Gasteiger charge is 2.54. The molecule has 3 aliphatic heterocycles. The van der Waals surface area contributed by atoms with Crippen molar-refractivity contribution in [1.82, 2.24) is 14.7 Å². The van der Waals surface area contributed by atoms with Crippen LogP contribution in [0.3, 0.4) is 0 Å². The zero-order chi connectivity index (χ0) is 31.8. The summed E-state index contributed by atoms with van der Waals surface area (Å²) < 4.78 is 19.9. The molecule has 0 saturated carbocycles. The molecule has 14 heteroatoms. The maximum atomic E-state index is 12.4. The van der Waals surface area contributed by atoms with Crippen molar-refractivity contribution in [3.05, 3.63) is 33.9 Å². The molecule has 0 atom stereocenters. The predicted molar refractivity (Wildman–Crippen MR) is 174 cm³/mol. The number of aliphatic carboxylic acids is 1. The highest BCUT2D eigenvalue weighted by atomic mass is 28.5. The van der Waals surface area contributed by atoms with Gasteiger partial charge in [-0.3, -0.25) is 9.59 Å². The Morgan fingerprint density at radius 3 is 1.50 bits per heavy atom. The van der Waals surface area contributed by atoms with Crippen molar-refractivity contribution >= 4 is 51.3 Å². The van der Waals surface area contributed by atoms with Crippen LogP contribution in [0.15, 0.2) is 33.9 Å². The van der Waals surface area contributed by atoms with Crippen molar-refractivity contribution in [3.63, 3.8) is 0 Å². The minimum Gasteiger partial charge on any atom is -0.478 e. The molecule has 0 aromatic carbocycles. The number of carbonyl (C=O) groups excluding carboxylic acids is 2. The lowest BCUT2D eigenvalue weighted by atomic mass is 10.0. The van der Waals surface area contributed by atoms with Crippen molar-refractivity contribution in [2.24, 2.45) is 0 Å². The number of nitrogens with zero attached hydrogens (tertiary/aromatic N) is 3. The highest BCUT2D eigenvalue weighted by molar-refractivity contribution is 6.93. The first-order chi connectivity index (χ1) is 19.2. The van der Waals surface area contributed by atoms with Crippen LogP contribution in [0.5, 0.6) is 0 Å². The summed E-state index contributed by atoms with van der Waals surface area (Å²) in [6, 6.07) is 0. The van der Waals surface area contributed by atoms with Crippen LogP contribution in [0.25, 0.3) is 0 Å². The summed E-state index contributed by atoms with van der Waals surface area (Å²) >= 11 is 0. The Kier molecular flexibility index (Phi) is 10.4. The van der Waals surface area contributed by atoms with Gasteiger partial charge >= 0.3 is 14.8 Å². The molecule has 0 spiro atoms. The molecular weight excluding hydrogens is 603 g/mol. The summed E-state index contributed by atoms with van der Waals surface area (Å²) in [7, 11) is -9.40. The minimum absolute atomic E-state index is 0.00546. The Hall–Kier alpha value is -1.82. The molecule has 0 unspecified atom stereocenters. The van der Waals surface area contributed by atoms with Crippen molar-refractivity contribution in [3.8, 4) is 0 Å². The van der Waals surface area contributed by atoms with E-state index in [2.05, 4.69) is 58.9 Å². The van der Waals surface area contributed by atoms with Crippen LogP contribution in [-0.4, -0.2) is 110 Å². The van der Waals surface area contributed by atoms with E-state index in [0.717, 1.165) is 50.9 Å². The first kappa shape index (κ1) is 34.7. The normalized spacial score (nSPS) is 19.8. The standard InChI is InChI=1S/C16H38O5Si4.C12H13N3O2/c1-12-13-15(14(2)16(17)18)25(19-22(3,4)5,20-23(6,7)8)21-24(9,10)11;16-9-7-8(13-1-2-13)12(17)11(15-5-6-15)10(9)14-3-4-14/h12-13H2,1-11H3,(H,17,18);7H,1-6H2/b15-14+;. The number of carboxylic acids is 1. The largest absolute Gasteiger partial charge is 0.502 e. The van der Waals surface area contributed by atoms with E-state index in [9.17, 15) is 19.5 Å². The number of allylic oxidation sites excluding steroid dienone is 2. The molecule has 0 aromatic heterocycles. The third kappa shape index (κ3) is 9.59. The second-order valence-corrected chi connectivity index (χ2v) is 31.1. The van der Waals surface area contributed by atoms with Gasteiger partial charge in [0.1, 0.15) is 11.4 Å². The Morgan fingerprint density at radius 1 is 0.762 bits per heavy atom. The Morgan fingerprint density at radius 2 is 1.17 bits per heavy atom. The molecule has 0 aromatic rings. The van der Waals surface area contributed by atoms with Gasteiger partial charge in [0.15, 0.2) is 25.0 Å². The van der Waals surface area contributed by atoms with Gasteiger partial charge in [0.05, 0.1) is 5.70 Å². The van der Waals surface area contributed by atoms with Crippen LogP contribution in [0, 0.1) is 0 Å². The lowest BCUT2D eigenvalue weighted by Gasteiger charge is -2.44. The fourth-order valence-electron chi connectivity index (χ4n) is 4.68. The first-order valence-electron chi connectivity index (χ1n) is 15.0. The second kappa shape index (κ2) is 12.7. The van der Waals surface area contributed by atoms with Gasteiger partial charge in [0.2, 0.25) is 11.6 Å². The Balaban J connectivity index is 0.000000243. The molecule has 4 aliphatic rings. The molecule has 4 rings (SSSR count). The average Bonchev–Trinajstić information content (AvgIpc) is 3.65. The highest BCUT2D eigenvalue weighted by Crippen LogP contribution is 2.36. The van der Waals surface area contributed by atoms with Gasteiger partial charge in [-0.25, -0.2) is 4.79 Å². The summed E-state index contributed by atoms with van der Waals surface area (Å²) in [4.78, 5) is 42.3. The molecule has 1 aliphatic carbocycles. The van der Waals surface area contributed by atoms with E-state index in [4.69, 9.17) is 12.3 Å². The zero-order valence-electron chi connectivity index (χ0n) is 27.5. The van der Waals surface area contributed by atoms with Gasteiger partial charge in [-0.05, 0) is 72.3 Å². The molecule has 10 nitrogen and oxygen atoms in total. The molecule has 3 fully saturated rings. The average molecular weight is 654 g/mol. The van der Waals surface area contributed by atoms with Crippen LogP contribution < -0.4 is 0 Å². The van der Waals surface area contributed by atoms with Crippen molar-refractivity contribution < 1.29 is 31.8 Å². The van der Waals surface area contributed by atoms with E-state index in [1.165, 1.54) is 6.08 Å². The van der Waals surface area contributed by atoms with Crippen LogP contribution in [0.1, 0.15) is 26.7 Å². The number of hydrogen-bond donors (Lipinski definition) is 1. The van der Waals surface area contributed by atoms with Crippen LogP contribution in [0.4, 0.5) is 0 Å². The van der Waals surface area contributed by atoms with Crippen LogP contribution in [0.2, 0.25) is 58.9 Å². The quantitative estimate of drug-likeness (QED) is 0.133. The molecular formula is C28H51N3O7Si4. The van der Waals surface area contributed by atoms with E-state index in [0.29, 0.717) is 29.1 Å². The number of ketones is 2. The molecule has 42 heavy (non-hydrogen) atoms. The number of hydrogen-bond acceptors (Lipinski definition) is 9. The van der Waals surface area contributed by atoms with Gasteiger partial charge in [-0.2, -0.15) is 0 Å². The number of carboxylic acid groups (broad SMARTS) is 1. The lowest BCUT2D eigenvalue weighted by Crippen LogP contribution is -2.62. The summed E-state index contributed by atoms with van der Waals surface area (Å²) in [5.74, 6) is -0.870. The van der Waals surface area contributed by atoms with Crippen molar-refractivity contribution in [1.29, 1.82) is 0 Å². The number of Topliss-reactive ketones (excluding diaryl/α,β-unsaturated/α-hetero) is 1. The molecule has 1 N–H and O–H groups in total. The van der Waals surface area contributed by atoms with E-state index < -0.39 is 39.7 Å². The maximum absolute atomic E-state index is 12.4. The third-order valence-corrected chi connectivity index (χ3v) is 18.4. The second-order valence-electron chi connectivity index (χ2n) is 14.2. The van der Waals surface area contributed by atoms with Crippen LogP contribution >= 0.6 is 0 Å². The maximum Gasteiger partial charge on any atom is 0.502 e. The summed E-state index contributed by atoms with van der Waals surface area (Å²) in [6.45, 7) is 28.1. The molecule has 3 heterocycles. The van der Waals surface area contributed by atoms with Gasteiger partial charge in [-0.1, -0.05) is 13.3 Å². The van der Waals surface area contributed by atoms with Gasteiger partial charge in [0, 0.05) is 56.1 Å².